The Morgan fingerprint density at radius 3 is 2.43 bits per heavy atom. The van der Waals surface area contributed by atoms with Gasteiger partial charge in [0.25, 0.3) is 0 Å². The smallest absolute Gasteiger partial charge is 0.178 e. The zero-order valence-electron chi connectivity index (χ0n) is 14.7. The molecule has 0 aromatic carbocycles. The highest BCUT2D eigenvalue weighted by Crippen LogP contribution is 2.17. The number of aromatic nitrogens is 1. The van der Waals surface area contributed by atoms with Gasteiger partial charge in [-0.3, -0.25) is 9.69 Å². The molecule has 3 nitrogen and oxygen atoms in total. The number of carbonyl (C=O) groups excluding carboxylic acids is 1. The van der Waals surface area contributed by atoms with Gasteiger partial charge in [0.1, 0.15) is 0 Å². The number of hydrogen-bond acceptors (Lipinski definition) is 2. The fourth-order valence-electron chi connectivity index (χ4n) is 2.91. The molecule has 1 unspecified atom stereocenters. The monoisotopic (exact) mass is 292 g/mol. The molecule has 120 valence electrons. The molecule has 1 aromatic rings. The molecular formula is C18H32N2O. The van der Waals surface area contributed by atoms with Gasteiger partial charge in [0.2, 0.25) is 0 Å². The average molecular weight is 292 g/mol. The van der Waals surface area contributed by atoms with E-state index in [1.165, 1.54) is 12.1 Å². The van der Waals surface area contributed by atoms with E-state index in [1.54, 1.807) is 0 Å². The van der Waals surface area contributed by atoms with Gasteiger partial charge in [-0.05, 0) is 53.1 Å². The Kier molecular flexibility index (Phi) is 7.16. The number of ketones is 1. The van der Waals surface area contributed by atoms with Crippen LogP contribution in [0.25, 0.3) is 0 Å². The van der Waals surface area contributed by atoms with Crippen LogP contribution in [0.15, 0.2) is 6.07 Å². The van der Waals surface area contributed by atoms with E-state index in [9.17, 15) is 4.79 Å². The van der Waals surface area contributed by atoms with Crippen molar-refractivity contribution in [2.75, 3.05) is 13.1 Å². The molecule has 3 heteroatoms. The van der Waals surface area contributed by atoms with Crippen LogP contribution in [-0.4, -0.2) is 34.4 Å². The lowest BCUT2D eigenvalue weighted by molar-refractivity contribution is 0.0893. The molecule has 1 rings (SSSR count). The first-order valence-corrected chi connectivity index (χ1v) is 8.40. The van der Waals surface area contributed by atoms with Crippen LogP contribution in [-0.2, 0) is 6.54 Å². The van der Waals surface area contributed by atoms with Crippen molar-refractivity contribution >= 4 is 5.78 Å². The van der Waals surface area contributed by atoms with Crippen molar-refractivity contribution in [2.45, 2.75) is 73.4 Å². The van der Waals surface area contributed by atoms with Crippen LogP contribution in [0.3, 0.4) is 0 Å². The normalized spacial score (nSPS) is 12.9. The lowest BCUT2D eigenvalue weighted by atomic mass is 10.1. The largest absolute Gasteiger partial charge is 0.349 e. The third-order valence-electron chi connectivity index (χ3n) is 4.55. The fraction of sp³-hybridized carbons (Fsp3) is 0.722. The number of nitrogens with zero attached hydrogens (tertiary/aromatic N) is 2. The summed E-state index contributed by atoms with van der Waals surface area (Å²) in [6.07, 6.45) is 3.42. The molecule has 0 N–H and O–H groups in total. The Labute approximate surface area is 130 Å². The van der Waals surface area contributed by atoms with Crippen molar-refractivity contribution in [1.82, 2.24) is 9.47 Å². The third-order valence-corrected chi connectivity index (χ3v) is 4.55. The molecule has 0 saturated heterocycles. The minimum atomic E-state index is 0.263. The van der Waals surface area contributed by atoms with Gasteiger partial charge in [0.05, 0.1) is 6.54 Å². The third kappa shape index (κ3) is 4.44. The Balaban J connectivity index is 2.86. The van der Waals surface area contributed by atoms with E-state index in [1.807, 2.05) is 0 Å². The quantitative estimate of drug-likeness (QED) is 0.637. The minimum Gasteiger partial charge on any atom is -0.349 e. The maximum absolute atomic E-state index is 12.7. The van der Waals surface area contributed by atoms with Gasteiger partial charge in [0, 0.05) is 29.5 Å². The lowest BCUT2D eigenvalue weighted by Crippen LogP contribution is -2.38. The molecule has 0 amide bonds. The zero-order chi connectivity index (χ0) is 16.0. The van der Waals surface area contributed by atoms with Gasteiger partial charge in [-0.2, -0.15) is 0 Å². The van der Waals surface area contributed by atoms with Crippen LogP contribution in [0.5, 0.6) is 0 Å². The molecule has 1 atom stereocenters. The molecule has 0 aliphatic carbocycles. The average Bonchev–Trinajstić information content (AvgIpc) is 2.76. The van der Waals surface area contributed by atoms with Crippen molar-refractivity contribution in [3.63, 3.8) is 0 Å². The van der Waals surface area contributed by atoms with E-state index in [2.05, 4.69) is 57.1 Å². The summed E-state index contributed by atoms with van der Waals surface area (Å²) in [4.78, 5) is 15.0. The maximum Gasteiger partial charge on any atom is 0.178 e. The van der Waals surface area contributed by atoms with Crippen LogP contribution >= 0.6 is 0 Å². The van der Waals surface area contributed by atoms with Gasteiger partial charge < -0.3 is 4.57 Å². The number of hydrogen-bond donors (Lipinski definition) is 0. The van der Waals surface area contributed by atoms with Gasteiger partial charge in [-0.25, -0.2) is 0 Å². The predicted molar refractivity (Wildman–Crippen MR) is 90.1 cm³/mol. The lowest BCUT2D eigenvalue weighted by Gasteiger charge is -2.27. The first-order valence-electron chi connectivity index (χ1n) is 8.40. The van der Waals surface area contributed by atoms with Crippen LogP contribution in [0, 0.1) is 13.8 Å². The molecular weight excluding hydrogens is 260 g/mol. The summed E-state index contributed by atoms with van der Waals surface area (Å²) < 4.78 is 2.22. The van der Waals surface area contributed by atoms with Crippen LogP contribution in [0.4, 0.5) is 0 Å². The second-order valence-electron chi connectivity index (χ2n) is 6.03. The Bertz CT molecular complexity index is 462. The van der Waals surface area contributed by atoms with Crippen molar-refractivity contribution in [3.05, 3.63) is 23.0 Å². The fourth-order valence-corrected chi connectivity index (χ4v) is 2.91. The molecule has 21 heavy (non-hydrogen) atoms. The first kappa shape index (κ1) is 18.0. The summed E-state index contributed by atoms with van der Waals surface area (Å²) >= 11 is 0. The Morgan fingerprint density at radius 2 is 1.95 bits per heavy atom. The summed E-state index contributed by atoms with van der Waals surface area (Å²) in [7, 11) is 0. The predicted octanol–water partition coefficient (Wildman–Crippen LogP) is 4.21. The zero-order valence-corrected chi connectivity index (χ0v) is 14.7. The van der Waals surface area contributed by atoms with E-state index >= 15 is 0 Å². The molecule has 0 saturated carbocycles. The summed E-state index contributed by atoms with van der Waals surface area (Å²) in [6, 6.07) is 2.52. The van der Waals surface area contributed by atoms with Gasteiger partial charge >= 0.3 is 0 Å². The SMILES string of the molecule is CCCCN(CC(=O)c1cc(C)n(CC)c1C)C(C)CC. The second kappa shape index (κ2) is 8.38. The minimum absolute atomic E-state index is 0.263. The molecule has 0 spiro atoms. The summed E-state index contributed by atoms with van der Waals surface area (Å²) in [5, 5.41) is 0. The van der Waals surface area contributed by atoms with Crippen LogP contribution in [0.2, 0.25) is 0 Å². The van der Waals surface area contributed by atoms with E-state index in [0.717, 1.165) is 37.2 Å². The molecule has 0 aliphatic heterocycles. The van der Waals surface area contributed by atoms with E-state index in [-0.39, 0.29) is 5.78 Å². The molecule has 0 radical (unpaired) electrons. The summed E-state index contributed by atoms with van der Waals surface area (Å²) in [5.74, 6) is 0.263. The summed E-state index contributed by atoms with van der Waals surface area (Å²) in [6.45, 7) is 15.4. The van der Waals surface area contributed by atoms with E-state index in [4.69, 9.17) is 0 Å². The maximum atomic E-state index is 12.7. The van der Waals surface area contributed by atoms with E-state index < -0.39 is 0 Å². The van der Waals surface area contributed by atoms with Gasteiger partial charge in [-0.15, -0.1) is 0 Å². The van der Waals surface area contributed by atoms with Crippen molar-refractivity contribution in [1.29, 1.82) is 0 Å². The number of unbranched alkanes of at least 4 members (excludes halogenated alkanes) is 1. The number of Topliss-reactive ketones (excluding diaryl/α,β-unsaturated/α-hetero) is 1. The second-order valence-corrected chi connectivity index (χ2v) is 6.03. The Hall–Kier alpha value is -1.09. The number of carbonyl (C=O) groups is 1. The number of aryl methyl sites for hydroxylation is 1. The van der Waals surface area contributed by atoms with Crippen molar-refractivity contribution in [3.8, 4) is 0 Å². The first-order chi connectivity index (χ1) is 9.96. The standard InChI is InChI=1S/C18H32N2O/c1-7-10-11-19(14(4)8-2)13-18(21)17-12-15(5)20(9-3)16(17)6/h12,14H,7-11,13H2,1-6H3. The topological polar surface area (TPSA) is 25.2 Å². The molecule has 0 bridgehead atoms. The highest BCUT2D eigenvalue weighted by molar-refractivity contribution is 5.99. The molecule has 0 fully saturated rings. The van der Waals surface area contributed by atoms with E-state index in [0.29, 0.717) is 12.6 Å². The van der Waals surface area contributed by atoms with Gasteiger partial charge in [-0.1, -0.05) is 20.3 Å². The van der Waals surface area contributed by atoms with Crippen LogP contribution in [0.1, 0.15) is 68.7 Å². The molecule has 0 aliphatic rings. The summed E-state index contributed by atoms with van der Waals surface area (Å²) in [5.41, 5.74) is 3.20. The molecule has 1 aromatic heterocycles. The molecule has 1 heterocycles. The highest BCUT2D eigenvalue weighted by Gasteiger charge is 2.20. The van der Waals surface area contributed by atoms with Crippen LogP contribution < -0.4 is 0 Å². The Morgan fingerprint density at radius 1 is 1.29 bits per heavy atom. The van der Waals surface area contributed by atoms with Gasteiger partial charge in [0.15, 0.2) is 5.78 Å². The highest BCUT2D eigenvalue weighted by atomic mass is 16.1. The van der Waals surface area contributed by atoms with Crippen molar-refractivity contribution < 1.29 is 4.79 Å². The number of rotatable bonds is 9. The van der Waals surface area contributed by atoms with Crippen molar-refractivity contribution in [2.24, 2.45) is 0 Å².